The molecule has 6 fully saturated rings. The van der Waals surface area contributed by atoms with Crippen molar-refractivity contribution in [2.75, 3.05) is 20.2 Å². The van der Waals surface area contributed by atoms with Gasteiger partial charge in [-0.25, -0.2) is 9.59 Å². The highest BCUT2D eigenvalue weighted by Crippen LogP contribution is 2.65. The lowest BCUT2D eigenvalue weighted by atomic mass is 9.43. The number of fused-ring (bicyclic) bond motifs is 2. The summed E-state index contributed by atoms with van der Waals surface area (Å²) in [6.07, 6.45) is 9.34. The lowest BCUT2D eigenvalue weighted by molar-refractivity contribution is -0.199. The second kappa shape index (κ2) is 15.6. The largest absolute Gasteiger partial charge is 0.497 e. The first-order valence-corrected chi connectivity index (χ1v) is 20.9. The molecule has 0 spiro atoms. The Balaban J connectivity index is 1.04. The van der Waals surface area contributed by atoms with E-state index in [1.165, 1.54) is 0 Å². The first-order valence-electron chi connectivity index (χ1n) is 20.9. The Hall–Kier alpha value is -3.77. The molecule has 2 unspecified atom stereocenters. The maximum absolute atomic E-state index is 14.7. The highest BCUT2D eigenvalue weighted by molar-refractivity contribution is 6.48. The Kier molecular flexibility index (Phi) is 10.8. The SMILES string of the molecule is COc1ccc(CN2CCCCCCCCC[C@@H](B3OC4C[C@H]5C[C@H](C5(C)C)[C@@]4(C)O3)NC(=O)C3C[C@@H](OC(=O)N4Cc5ccccc5C4)CN3C2=O)cc1. The number of urea groups is 1. The van der Waals surface area contributed by atoms with Crippen LogP contribution in [0, 0.1) is 17.3 Å². The fraction of sp³-hybridized carbons (Fsp3) is 0.651. The number of hydrogen-bond donors (Lipinski definition) is 1. The Labute approximate surface area is 326 Å². The molecular weight excluding hydrogens is 695 g/mol. The van der Waals surface area contributed by atoms with E-state index in [0.717, 1.165) is 86.6 Å². The summed E-state index contributed by atoms with van der Waals surface area (Å²) in [5.74, 6) is 1.18. The minimum atomic E-state index is -0.819. The maximum Gasteiger partial charge on any atom is 0.481 e. The van der Waals surface area contributed by atoms with Gasteiger partial charge >= 0.3 is 19.2 Å². The monoisotopic (exact) mass is 754 g/mol. The molecule has 11 nitrogen and oxygen atoms in total. The van der Waals surface area contributed by atoms with Crippen molar-refractivity contribution in [3.8, 4) is 5.75 Å². The van der Waals surface area contributed by atoms with Crippen LogP contribution in [0.25, 0.3) is 0 Å². The van der Waals surface area contributed by atoms with Gasteiger partial charge in [0.25, 0.3) is 0 Å². The number of hydrogen-bond acceptors (Lipinski definition) is 7. The van der Waals surface area contributed by atoms with Gasteiger partial charge in [0, 0.05) is 32.6 Å². The van der Waals surface area contributed by atoms with Crippen LogP contribution in [-0.4, -0.2) is 89.8 Å². The van der Waals surface area contributed by atoms with E-state index >= 15 is 0 Å². The molecule has 3 saturated carbocycles. The third-order valence-electron chi connectivity index (χ3n) is 14.0. The van der Waals surface area contributed by atoms with Gasteiger partial charge in [0.1, 0.15) is 17.9 Å². The standard InChI is InChI=1S/C43H59BN4O7/c1-42(2)32-22-36(42)43(3)37(23-32)54-44(55-43)38-16-10-8-6-5-7-9-13-21-46(25-29-17-19-33(52-4)20-18-29)40(50)48-28-34(24-35(48)39(49)45-38)53-41(51)47-26-30-14-11-12-15-31(30)27-47/h11-12,14-15,17-20,32,34-38H,5-10,13,16,21-28H2,1-4H3,(H,45,49)/t32-,34-,35?,36-,37?,38+,43-/m1/s1. The van der Waals surface area contributed by atoms with Crippen molar-refractivity contribution in [3.05, 3.63) is 65.2 Å². The molecule has 0 aromatic heterocycles. The third-order valence-corrected chi connectivity index (χ3v) is 14.0. The first kappa shape index (κ1) is 38.1. The number of benzene rings is 2. The summed E-state index contributed by atoms with van der Waals surface area (Å²) >= 11 is 0. The zero-order valence-corrected chi connectivity index (χ0v) is 33.2. The summed E-state index contributed by atoms with van der Waals surface area (Å²) in [7, 11) is 1.08. The van der Waals surface area contributed by atoms with Gasteiger partial charge in [-0.2, -0.15) is 0 Å². The zero-order valence-electron chi connectivity index (χ0n) is 33.2. The van der Waals surface area contributed by atoms with Gasteiger partial charge in [-0.05, 0) is 78.7 Å². The molecule has 3 saturated heterocycles. The van der Waals surface area contributed by atoms with Crippen molar-refractivity contribution in [3.63, 3.8) is 0 Å². The van der Waals surface area contributed by atoms with Gasteiger partial charge < -0.3 is 33.9 Å². The summed E-state index contributed by atoms with van der Waals surface area (Å²) in [6.45, 7) is 8.98. The number of carbonyl (C=O) groups is 3. The average molecular weight is 755 g/mol. The zero-order chi connectivity index (χ0) is 38.3. The summed E-state index contributed by atoms with van der Waals surface area (Å²) in [4.78, 5) is 48.1. The summed E-state index contributed by atoms with van der Waals surface area (Å²) < 4.78 is 25.2. The van der Waals surface area contributed by atoms with E-state index in [9.17, 15) is 14.4 Å². The quantitative estimate of drug-likeness (QED) is 0.325. The Bertz CT molecular complexity index is 1700. The molecule has 55 heavy (non-hydrogen) atoms. The molecule has 7 aliphatic rings. The van der Waals surface area contributed by atoms with Crippen molar-refractivity contribution in [2.24, 2.45) is 17.3 Å². The van der Waals surface area contributed by atoms with Gasteiger partial charge in [-0.15, -0.1) is 0 Å². The van der Waals surface area contributed by atoms with Crippen LogP contribution in [0.5, 0.6) is 5.75 Å². The second-order valence-electron chi connectivity index (χ2n) is 17.8. The van der Waals surface area contributed by atoms with Crippen LogP contribution in [0.2, 0.25) is 0 Å². The molecule has 9 rings (SSSR count). The van der Waals surface area contributed by atoms with Crippen molar-refractivity contribution in [1.82, 2.24) is 20.0 Å². The lowest BCUT2D eigenvalue weighted by Gasteiger charge is -2.64. The minimum absolute atomic E-state index is 0.00289. The molecule has 2 bridgehead atoms. The molecule has 4 amide bonds. The molecule has 296 valence electrons. The molecule has 4 aliphatic heterocycles. The number of nitrogens with zero attached hydrogens (tertiary/aromatic N) is 3. The van der Waals surface area contributed by atoms with E-state index in [2.05, 4.69) is 26.1 Å². The lowest BCUT2D eigenvalue weighted by Crippen LogP contribution is -2.65. The predicted octanol–water partition coefficient (Wildman–Crippen LogP) is 7.10. The topological polar surface area (TPSA) is 110 Å². The van der Waals surface area contributed by atoms with Crippen LogP contribution >= 0.6 is 0 Å². The molecule has 0 radical (unpaired) electrons. The number of ether oxygens (including phenoxy) is 2. The number of amides is 4. The van der Waals surface area contributed by atoms with E-state index < -0.39 is 31.0 Å². The smallest absolute Gasteiger partial charge is 0.481 e. The fourth-order valence-corrected chi connectivity index (χ4v) is 10.6. The van der Waals surface area contributed by atoms with Gasteiger partial charge in [0.05, 0.1) is 31.3 Å². The van der Waals surface area contributed by atoms with Crippen molar-refractivity contribution in [1.29, 1.82) is 0 Å². The molecule has 7 atom stereocenters. The summed E-state index contributed by atoms with van der Waals surface area (Å²) in [6, 6.07) is 14.8. The highest BCUT2D eigenvalue weighted by Gasteiger charge is 2.68. The van der Waals surface area contributed by atoms with Crippen molar-refractivity contribution < 1.29 is 33.2 Å². The molecule has 4 heterocycles. The predicted molar refractivity (Wildman–Crippen MR) is 209 cm³/mol. The number of methoxy groups -OCH3 is 1. The van der Waals surface area contributed by atoms with Gasteiger partial charge in [-0.3, -0.25) is 9.69 Å². The second-order valence-corrected chi connectivity index (χ2v) is 17.8. The summed E-state index contributed by atoms with van der Waals surface area (Å²) in [5.41, 5.74) is 3.01. The van der Waals surface area contributed by atoms with E-state index in [4.69, 9.17) is 18.8 Å². The molecular formula is C43H59BN4O7. The van der Waals surface area contributed by atoms with E-state index in [0.29, 0.717) is 38.0 Å². The van der Waals surface area contributed by atoms with Gasteiger partial charge in [0.15, 0.2) is 0 Å². The van der Waals surface area contributed by atoms with E-state index in [-0.39, 0.29) is 42.4 Å². The van der Waals surface area contributed by atoms with Gasteiger partial charge in [-0.1, -0.05) is 88.8 Å². The third kappa shape index (κ3) is 7.57. The van der Waals surface area contributed by atoms with Crippen LogP contribution in [0.15, 0.2) is 48.5 Å². The van der Waals surface area contributed by atoms with Crippen LogP contribution in [0.4, 0.5) is 9.59 Å². The van der Waals surface area contributed by atoms with E-state index in [1.807, 2.05) is 53.4 Å². The van der Waals surface area contributed by atoms with Gasteiger partial charge in [0.2, 0.25) is 5.91 Å². The molecule has 12 heteroatoms. The van der Waals surface area contributed by atoms with E-state index in [1.54, 1.807) is 16.9 Å². The average Bonchev–Trinajstić information content (AvgIpc) is 3.90. The minimum Gasteiger partial charge on any atom is -0.497 e. The molecule has 1 N–H and O–H groups in total. The Morgan fingerprint density at radius 2 is 1.60 bits per heavy atom. The number of carbonyl (C=O) groups excluding carboxylic acids is 3. The van der Waals surface area contributed by atoms with Crippen LogP contribution in [-0.2, 0) is 38.5 Å². The van der Waals surface area contributed by atoms with Crippen LogP contribution in [0.1, 0.15) is 108 Å². The summed E-state index contributed by atoms with van der Waals surface area (Å²) in [5, 5.41) is 3.36. The van der Waals surface area contributed by atoms with Crippen LogP contribution < -0.4 is 10.1 Å². The fourth-order valence-electron chi connectivity index (χ4n) is 10.6. The van der Waals surface area contributed by atoms with Crippen LogP contribution in [0.3, 0.4) is 0 Å². The maximum atomic E-state index is 14.7. The molecule has 2 aromatic rings. The number of rotatable bonds is 5. The Morgan fingerprint density at radius 3 is 2.29 bits per heavy atom. The Morgan fingerprint density at radius 1 is 0.909 bits per heavy atom. The highest BCUT2D eigenvalue weighted by atomic mass is 16.7. The molecule has 2 aromatic carbocycles. The number of nitrogens with one attached hydrogen (secondary N) is 1. The first-order chi connectivity index (χ1) is 26.5. The normalized spacial score (nSPS) is 32.3. The van der Waals surface area contributed by atoms with Crippen molar-refractivity contribution in [2.45, 2.75) is 141 Å². The van der Waals surface area contributed by atoms with Crippen molar-refractivity contribution >= 4 is 25.1 Å². The molecule has 3 aliphatic carbocycles.